The monoisotopic (exact) mass is 872 g/mol. The summed E-state index contributed by atoms with van der Waals surface area (Å²) in [6, 6.07) is 63.6. The summed E-state index contributed by atoms with van der Waals surface area (Å²) in [5, 5.41) is 3.29. The summed E-state index contributed by atoms with van der Waals surface area (Å²) in [7, 11) is 0. The van der Waals surface area contributed by atoms with Gasteiger partial charge in [0.2, 0.25) is 0 Å². The first-order chi connectivity index (χ1) is 26.2. The molecular weight excluding hydrogens is 839 g/mol. The van der Waals surface area contributed by atoms with Crippen molar-refractivity contribution in [2.24, 2.45) is 0 Å². The third-order valence-electron chi connectivity index (χ3n) is 9.46. The van der Waals surface area contributed by atoms with E-state index in [2.05, 4.69) is 156 Å². The number of pyridine rings is 1. The molecule has 0 saturated heterocycles. The van der Waals surface area contributed by atoms with Crippen LogP contribution in [0.15, 0.2) is 187 Å². The second-order valence-corrected chi connectivity index (χ2v) is 13.0. The number of furan rings is 1. The second-order valence-electron chi connectivity index (χ2n) is 13.0. The molecule has 4 nitrogen and oxygen atoms in total. The van der Waals surface area contributed by atoms with Crippen LogP contribution in [0.25, 0.3) is 83.4 Å². The van der Waals surface area contributed by atoms with E-state index in [0.717, 1.165) is 83.4 Å². The van der Waals surface area contributed by atoms with Gasteiger partial charge in [-0.1, -0.05) is 132 Å². The zero-order valence-electron chi connectivity index (χ0n) is 29.4. The van der Waals surface area contributed by atoms with Gasteiger partial charge in [-0.25, -0.2) is 0 Å². The first-order valence-corrected chi connectivity index (χ1v) is 17.7. The van der Waals surface area contributed by atoms with Crippen LogP contribution in [-0.4, -0.2) is 14.5 Å². The van der Waals surface area contributed by atoms with E-state index in [-0.39, 0.29) is 20.1 Å². The van der Waals surface area contributed by atoms with Crippen LogP contribution < -0.4 is 0 Å². The number of hydrogen-bond donors (Lipinski definition) is 0. The van der Waals surface area contributed by atoms with E-state index in [1.165, 1.54) is 5.56 Å². The van der Waals surface area contributed by atoms with Crippen molar-refractivity contribution in [3.05, 3.63) is 200 Å². The standard InChI is InChI=1S/C38H25N2O.C11H8N.Ir/c1-25-20-30(26-12-4-2-5-13-26)37(31(21-25)27-14-6-3-7-15-27)40-35-19-11-10-18-34(35)39-38(40)33-24-41-36-23-29-17-9-8-16-28(29)22-32(33)36;1-2-6-10(7-3-1)11-8-4-5-9-12-11;/h2-23H,1H3;1-6,8-9H;/q2*-1;. The number of nitrogens with zero attached hydrogens (tertiary/aromatic N) is 3. The number of para-hydroxylation sites is 2. The van der Waals surface area contributed by atoms with E-state index >= 15 is 0 Å². The van der Waals surface area contributed by atoms with Gasteiger partial charge in [0.05, 0.1) is 22.5 Å². The predicted octanol–water partition coefficient (Wildman–Crippen LogP) is 12.6. The van der Waals surface area contributed by atoms with Crippen LogP contribution in [0.1, 0.15) is 5.56 Å². The third kappa shape index (κ3) is 6.67. The molecule has 0 aliphatic carbocycles. The van der Waals surface area contributed by atoms with Crippen LogP contribution in [0.2, 0.25) is 0 Å². The molecular formula is C49H33IrN3O-2. The van der Waals surface area contributed by atoms with E-state index in [1.807, 2.05) is 48.5 Å². The van der Waals surface area contributed by atoms with Crippen LogP contribution >= 0.6 is 0 Å². The Labute approximate surface area is 327 Å². The van der Waals surface area contributed by atoms with Crippen molar-refractivity contribution >= 4 is 32.8 Å². The zero-order chi connectivity index (χ0) is 35.6. The molecule has 7 aromatic carbocycles. The van der Waals surface area contributed by atoms with Gasteiger partial charge in [0, 0.05) is 49.3 Å². The minimum atomic E-state index is 0. The topological polar surface area (TPSA) is 43.9 Å². The molecule has 3 aromatic heterocycles. The predicted molar refractivity (Wildman–Crippen MR) is 217 cm³/mol. The quantitative estimate of drug-likeness (QED) is 0.162. The summed E-state index contributed by atoms with van der Waals surface area (Å²) < 4.78 is 8.37. The number of hydrogen-bond acceptors (Lipinski definition) is 3. The fourth-order valence-corrected chi connectivity index (χ4v) is 7.02. The Balaban J connectivity index is 0.000000271. The molecule has 0 unspecified atom stereocenters. The molecule has 0 spiro atoms. The summed E-state index contributed by atoms with van der Waals surface area (Å²) in [6.07, 6.45) is 5.04. The molecule has 0 aliphatic rings. The molecule has 1 radical (unpaired) electrons. The van der Waals surface area contributed by atoms with Gasteiger partial charge < -0.3 is 14.0 Å². The average molecular weight is 872 g/mol. The maximum Gasteiger partial charge on any atom is 0.0774 e. The van der Waals surface area contributed by atoms with Crippen molar-refractivity contribution in [3.8, 4) is 50.6 Å². The molecule has 0 amide bonds. The smallest absolute Gasteiger partial charge is 0.0774 e. The summed E-state index contributed by atoms with van der Waals surface area (Å²) in [6.45, 7) is 2.16. The largest absolute Gasteiger partial charge is 0.557 e. The van der Waals surface area contributed by atoms with Crippen molar-refractivity contribution in [1.82, 2.24) is 14.5 Å². The molecule has 261 valence electrons. The van der Waals surface area contributed by atoms with E-state index in [9.17, 15) is 0 Å². The fourth-order valence-electron chi connectivity index (χ4n) is 7.02. The molecule has 0 bridgehead atoms. The van der Waals surface area contributed by atoms with Crippen LogP contribution in [-0.2, 0) is 20.1 Å². The third-order valence-corrected chi connectivity index (χ3v) is 9.46. The number of fused-ring (bicyclic) bond motifs is 3. The Morgan fingerprint density at radius 3 is 1.91 bits per heavy atom. The first-order valence-electron chi connectivity index (χ1n) is 17.7. The average Bonchev–Trinajstić information content (AvgIpc) is 3.82. The summed E-state index contributed by atoms with van der Waals surface area (Å²) in [5.41, 5.74) is 12.5. The molecule has 0 aliphatic heterocycles. The Morgan fingerprint density at radius 1 is 0.611 bits per heavy atom. The normalized spacial score (nSPS) is 10.9. The van der Waals surface area contributed by atoms with E-state index in [0.29, 0.717) is 0 Å². The van der Waals surface area contributed by atoms with Gasteiger partial charge in [0.1, 0.15) is 0 Å². The molecule has 0 fully saturated rings. The van der Waals surface area contributed by atoms with Crippen molar-refractivity contribution in [1.29, 1.82) is 0 Å². The Morgan fingerprint density at radius 2 is 1.24 bits per heavy atom. The van der Waals surface area contributed by atoms with E-state index in [4.69, 9.17) is 9.40 Å². The second kappa shape index (κ2) is 15.3. The SMILES string of the molecule is Cc1cc(-c2ccccc2)c(-n2c(-c3[c-]oc4cc5ccccc5cc34)nc3ccccc32)c(-c2ccccc2)c1.[Ir].[c-]1ccccc1-c1ccccn1. The number of aromatic nitrogens is 3. The number of benzene rings is 7. The Hall–Kier alpha value is -6.39. The zero-order valence-corrected chi connectivity index (χ0v) is 31.8. The fraction of sp³-hybridized carbons (Fsp3) is 0.0204. The first kappa shape index (κ1) is 34.7. The molecule has 3 heterocycles. The molecule has 0 atom stereocenters. The molecule has 10 aromatic rings. The van der Waals surface area contributed by atoms with Gasteiger partial charge >= 0.3 is 0 Å². The Kier molecular flexibility index (Phi) is 9.83. The maximum absolute atomic E-state index is 6.07. The van der Waals surface area contributed by atoms with Gasteiger partial charge in [-0.2, -0.15) is 0 Å². The van der Waals surface area contributed by atoms with Gasteiger partial charge in [-0.15, -0.1) is 35.9 Å². The molecule has 0 N–H and O–H groups in total. The van der Waals surface area contributed by atoms with Crippen LogP contribution in [0, 0.1) is 19.3 Å². The summed E-state index contributed by atoms with van der Waals surface area (Å²) in [4.78, 5) is 9.44. The summed E-state index contributed by atoms with van der Waals surface area (Å²) >= 11 is 0. The van der Waals surface area contributed by atoms with Crippen LogP contribution in [0.3, 0.4) is 0 Å². The summed E-state index contributed by atoms with van der Waals surface area (Å²) in [5.74, 6) is 0.804. The molecule has 5 heteroatoms. The van der Waals surface area contributed by atoms with E-state index in [1.54, 1.807) is 6.20 Å². The van der Waals surface area contributed by atoms with E-state index < -0.39 is 0 Å². The van der Waals surface area contributed by atoms with Crippen LogP contribution in [0.4, 0.5) is 0 Å². The van der Waals surface area contributed by atoms with Gasteiger partial charge in [-0.05, 0) is 70.4 Å². The van der Waals surface area contributed by atoms with Gasteiger partial charge in [0.15, 0.2) is 0 Å². The van der Waals surface area contributed by atoms with Crippen molar-refractivity contribution in [3.63, 3.8) is 0 Å². The number of rotatable bonds is 5. The number of imidazole rings is 1. The van der Waals surface area contributed by atoms with Crippen molar-refractivity contribution in [2.75, 3.05) is 0 Å². The van der Waals surface area contributed by atoms with Gasteiger partial charge in [0.25, 0.3) is 0 Å². The van der Waals surface area contributed by atoms with Crippen molar-refractivity contribution in [2.45, 2.75) is 6.92 Å². The van der Waals surface area contributed by atoms with Crippen molar-refractivity contribution < 1.29 is 24.5 Å². The Bertz CT molecular complexity index is 2730. The van der Waals surface area contributed by atoms with Crippen LogP contribution in [0.5, 0.6) is 0 Å². The maximum atomic E-state index is 6.07. The molecule has 0 saturated carbocycles. The minimum absolute atomic E-state index is 0. The van der Waals surface area contributed by atoms with Gasteiger partial charge in [-0.3, -0.25) is 4.98 Å². The molecule has 54 heavy (non-hydrogen) atoms. The molecule has 10 rings (SSSR count). The minimum Gasteiger partial charge on any atom is -0.557 e. The number of aryl methyl sites for hydroxylation is 1.